The zero-order valence-corrected chi connectivity index (χ0v) is 12.7. The van der Waals surface area contributed by atoms with Gasteiger partial charge >= 0.3 is 24.3 Å². The maximum atomic E-state index is 12.5. The van der Waals surface area contributed by atoms with Gasteiger partial charge in [-0.25, -0.2) is 14.0 Å². The highest BCUT2D eigenvalue weighted by molar-refractivity contribution is 5.73. The number of hydrogen-bond donors (Lipinski definition) is 3. The number of nitrogens with one attached hydrogen (secondary N) is 1. The van der Waals surface area contributed by atoms with Crippen LogP contribution in [0.2, 0.25) is 0 Å². The highest BCUT2D eigenvalue weighted by Gasteiger charge is 2.38. The van der Waals surface area contributed by atoms with Gasteiger partial charge in [0.2, 0.25) is 0 Å². The number of nitrogens with zero attached hydrogens (tertiary/aromatic N) is 1. The van der Waals surface area contributed by atoms with Crippen molar-refractivity contribution >= 4 is 11.9 Å². The molecule has 3 N–H and O–H groups in total. The number of rotatable bonds is 1. The molecule has 0 spiro atoms. The average Bonchev–Trinajstić information content (AvgIpc) is 2.44. The number of hydrogen-bond acceptors (Lipinski definition) is 4. The molecule has 0 aromatic heterocycles. The van der Waals surface area contributed by atoms with Crippen molar-refractivity contribution in [2.24, 2.45) is 0 Å². The first kappa shape index (κ1) is 23.4. The highest BCUT2D eigenvalue weighted by atomic mass is 19.4. The lowest BCUT2D eigenvalue weighted by Gasteiger charge is -2.42. The third-order valence-corrected chi connectivity index (χ3v) is 3.18. The van der Waals surface area contributed by atoms with Gasteiger partial charge < -0.3 is 15.5 Å². The Morgan fingerprint density at radius 1 is 0.880 bits per heavy atom. The molecule has 2 heterocycles. The molecule has 0 amide bonds. The first-order chi connectivity index (χ1) is 11.2. The lowest BCUT2D eigenvalue weighted by atomic mass is 10.0. The molecule has 2 fully saturated rings. The van der Waals surface area contributed by atoms with Crippen molar-refractivity contribution in [3.05, 3.63) is 0 Å². The first-order valence-electron chi connectivity index (χ1n) is 6.94. The molecule has 2 saturated heterocycles. The molecule has 0 bridgehead atoms. The summed E-state index contributed by atoms with van der Waals surface area (Å²) < 4.78 is 75.9. The summed E-state index contributed by atoms with van der Waals surface area (Å²) in [7, 11) is 0. The maximum absolute atomic E-state index is 12.5. The number of piperidine rings is 1. The molecule has 0 saturated carbocycles. The Morgan fingerprint density at radius 2 is 1.20 bits per heavy atom. The summed E-state index contributed by atoms with van der Waals surface area (Å²) in [6.45, 7) is 3.59. The Hall–Kier alpha value is -1.63. The largest absolute Gasteiger partial charge is 0.490 e. The average molecular weight is 386 g/mol. The van der Waals surface area contributed by atoms with E-state index in [9.17, 15) is 30.7 Å². The van der Waals surface area contributed by atoms with Crippen molar-refractivity contribution in [2.75, 3.05) is 26.2 Å². The Morgan fingerprint density at radius 3 is 1.44 bits per heavy atom. The van der Waals surface area contributed by atoms with Crippen LogP contribution in [0.3, 0.4) is 0 Å². The molecule has 0 aromatic rings. The predicted molar refractivity (Wildman–Crippen MR) is 69.7 cm³/mol. The number of carboxylic acids is 2. The second-order valence-corrected chi connectivity index (χ2v) is 5.14. The van der Waals surface area contributed by atoms with Crippen LogP contribution in [0, 0.1) is 0 Å². The van der Waals surface area contributed by atoms with Crippen LogP contribution in [-0.4, -0.2) is 77.8 Å². The normalized spacial score (nSPS) is 19.6. The molecule has 0 radical (unpaired) electrons. The number of carbonyl (C=O) groups is 2. The van der Waals surface area contributed by atoms with Gasteiger partial charge in [0.25, 0.3) is 0 Å². The molecule has 0 aromatic carbocycles. The minimum atomic E-state index is -5.08. The van der Waals surface area contributed by atoms with E-state index in [0.29, 0.717) is 19.1 Å². The summed E-state index contributed by atoms with van der Waals surface area (Å²) in [4.78, 5) is 20.1. The van der Waals surface area contributed by atoms with Gasteiger partial charge in [-0.05, 0) is 25.9 Å². The molecule has 25 heavy (non-hydrogen) atoms. The van der Waals surface area contributed by atoms with E-state index in [0.717, 1.165) is 13.1 Å². The van der Waals surface area contributed by atoms with Gasteiger partial charge in [0, 0.05) is 19.1 Å². The van der Waals surface area contributed by atoms with Gasteiger partial charge in [0.05, 0.1) is 0 Å². The summed E-state index contributed by atoms with van der Waals surface area (Å²) in [5.41, 5.74) is 0. The third-order valence-electron chi connectivity index (χ3n) is 3.18. The number of aliphatic carboxylic acids is 2. The van der Waals surface area contributed by atoms with Gasteiger partial charge in [-0.2, -0.15) is 26.3 Å². The molecule has 6 nitrogen and oxygen atoms in total. The first-order valence-corrected chi connectivity index (χ1v) is 6.94. The van der Waals surface area contributed by atoms with Crippen LogP contribution < -0.4 is 5.32 Å². The monoisotopic (exact) mass is 386 g/mol. The van der Waals surface area contributed by atoms with E-state index in [4.69, 9.17) is 19.8 Å². The molecular formula is C12H17F7N2O4. The van der Waals surface area contributed by atoms with Crippen molar-refractivity contribution in [1.29, 1.82) is 0 Å². The van der Waals surface area contributed by atoms with Crippen molar-refractivity contribution in [3.63, 3.8) is 0 Å². The minimum Gasteiger partial charge on any atom is -0.475 e. The smallest absolute Gasteiger partial charge is 0.475 e. The van der Waals surface area contributed by atoms with E-state index in [1.807, 2.05) is 0 Å². The molecule has 2 rings (SSSR count). The lowest BCUT2D eigenvalue weighted by Crippen LogP contribution is -2.55. The summed E-state index contributed by atoms with van der Waals surface area (Å²) in [6, 6.07) is 0.670. The van der Waals surface area contributed by atoms with Crippen LogP contribution in [0.25, 0.3) is 0 Å². The van der Waals surface area contributed by atoms with E-state index >= 15 is 0 Å². The molecular weight excluding hydrogens is 369 g/mol. The zero-order valence-electron chi connectivity index (χ0n) is 12.7. The molecule has 0 unspecified atom stereocenters. The van der Waals surface area contributed by atoms with Crippen molar-refractivity contribution in [3.8, 4) is 0 Å². The van der Waals surface area contributed by atoms with E-state index in [1.54, 1.807) is 0 Å². The lowest BCUT2D eigenvalue weighted by molar-refractivity contribution is -0.193. The van der Waals surface area contributed by atoms with Gasteiger partial charge in [0.15, 0.2) is 0 Å². The fourth-order valence-electron chi connectivity index (χ4n) is 1.93. The maximum Gasteiger partial charge on any atom is 0.490 e. The summed E-state index contributed by atoms with van der Waals surface area (Å²) in [5, 5.41) is 17.6. The van der Waals surface area contributed by atoms with Crippen LogP contribution in [0.5, 0.6) is 0 Å². The number of halogens is 7. The second-order valence-electron chi connectivity index (χ2n) is 5.14. The van der Waals surface area contributed by atoms with Gasteiger partial charge in [-0.3, -0.25) is 4.90 Å². The molecule has 2 aliphatic heterocycles. The summed E-state index contributed by atoms with van der Waals surface area (Å²) in [5.74, 6) is -5.51. The van der Waals surface area contributed by atoms with Crippen LogP contribution in [-0.2, 0) is 9.59 Å². The molecule has 2 aliphatic rings. The third kappa shape index (κ3) is 10.1. The van der Waals surface area contributed by atoms with Gasteiger partial charge in [0.1, 0.15) is 6.17 Å². The van der Waals surface area contributed by atoms with E-state index in [-0.39, 0.29) is 0 Å². The van der Waals surface area contributed by atoms with E-state index in [1.165, 1.54) is 12.8 Å². The van der Waals surface area contributed by atoms with Crippen LogP contribution in [0.1, 0.15) is 12.8 Å². The number of carboxylic acid groups (broad SMARTS) is 2. The van der Waals surface area contributed by atoms with Gasteiger partial charge in [-0.1, -0.05) is 0 Å². The summed E-state index contributed by atoms with van der Waals surface area (Å²) in [6.07, 6.45) is -8.30. The van der Waals surface area contributed by atoms with E-state index < -0.39 is 30.5 Å². The van der Waals surface area contributed by atoms with E-state index in [2.05, 4.69) is 10.2 Å². The van der Waals surface area contributed by atoms with Crippen LogP contribution in [0.4, 0.5) is 30.7 Å². The van der Waals surface area contributed by atoms with Crippen molar-refractivity contribution in [2.45, 2.75) is 37.4 Å². The fourth-order valence-corrected chi connectivity index (χ4v) is 1.93. The zero-order chi connectivity index (χ0) is 19.8. The topological polar surface area (TPSA) is 89.9 Å². The molecule has 0 atom stereocenters. The Labute approximate surface area is 137 Å². The number of alkyl halides is 7. The highest BCUT2D eigenvalue weighted by Crippen LogP contribution is 2.20. The predicted octanol–water partition coefficient (Wildman–Crippen LogP) is 1.66. The fraction of sp³-hybridized carbons (Fsp3) is 0.833. The Kier molecular flexibility index (Phi) is 9.11. The Balaban J connectivity index is 0.000000366. The number of likely N-dealkylation sites (tertiary alicyclic amines) is 1. The molecule has 13 heteroatoms. The van der Waals surface area contributed by atoms with Crippen LogP contribution in [0.15, 0.2) is 0 Å². The molecule has 148 valence electrons. The van der Waals surface area contributed by atoms with Crippen molar-refractivity contribution < 1.29 is 50.5 Å². The SMILES string of the molecule is FC1CN(C2CCNCC2)C1.O=C(O)C(F)(F)F.O=C(O)C(F)(F)F. The quantitative estimate of drug-likeness (QED) is 0.594. The second kappa shape index (κ2) is 9.75. The molecule has 0 aliphatic carbocycles. The van der Waals surface area contributed by atoms with Crippen LogP contribution >= 0.6 is 0 Å². The van der Waals surface area contributed by atoms with Gasteiger partial charge in [-0.15, -0.1) is 0 Å². The minimum absolute atomic E-state index is 0.537. The summed E-state index contributed by atoms with van der Waals surface area (Å²) >= 11 is 0. The standard InChI is InChI=1S/C8H15FN2.2C2HF3O2/c9-7-5-11(6-7)8-1-3-10-4-2-8;2*3-2(4,5)1(6)7/h7-8,10H,1-6H2;2*(H,6,7). The Bertz CT molecular complexity index is 406. The van der Waals surface area contributed by atoms with Crippen molar-refractivity contribution in [1.82, 2.24) is 10.2 Å².